The Morgan fingerprint density at radius 3 is 2.62 bits per heavy atom. The van der Waals surface area contributed by atoms with E-state index in [4.69, 9.17) is 11.0 Å². The third-order valence-electron chi connectivity index (χ3n) is 2.36. The second kappa shape index (κ2) is 4.23. The molecule has 0 heterocycles. The van der Waals surface area contributed by atoms with Gasteiger partial charge in [0.1, 0.15) is 11.6 Å². The van der Waals surface area contributed by atoms with Gasteiger partial charge in [-0.3, -0.25) is 4.79 Å². The van der Waals surface area contributed by atoms with Crippen molar-refractivity contribution in [1.82, 2.24) is 0 Å². The summed E-state index contributed by atoms with van der Waals surface area (Å²) in [5, 5.41) is 11.9. The minimum atomic E-state index is -0.874. The van der Waals surface area contributed by atoms with Crippen LogP contribution in [0.4, 0.5) is 5.69 Å². The van der Waals surface area contributed by atoms with Gasteiger partial charge in [-0.05, 0) is 38.5 Å². The van der Waals surface area contributed by atoms with Crippen LogP contribution in [0.3, 0.4) is 0 Å². The molecule has 0 aromatic heterocycles. The van der Waals surface area contributed by atoms with E-state index >= 15 is 0 Å². The number of hydrogen-bond donors (Lipinski definition) is 2. The molecule has 1 amide bonds. The zero-order valence-electron chi connectivity index (χ0n) is 9.66. The van der Waals surface area contributed by atoms with E-state index in [1.165, 1.54) is 0 Å². The van der Waals surface area contributed by atoms with E-state index in [1.807, 2.05) is 13.0 Å². The molecule has 0 saturated carbocycles. The number of hydrogen-bond acceptors (Lipinski definition) is 3. The van der Waals surface area contributed by atoms with Gasteiger partial charge in [0.2, 0.25) is 5.91 Å². The number of benzene rings is 1. The maximum atomic E-state index is 11.2. The molecule has 0 unspecified atom stereocenters. The molecule has 16 heavy (non-hydrogen) atoms. The smallest absolute Gasteiger partial charge is 0.242 e. The van der Waals surface area contributed by atoms with E-state index in [9.17, 15) is 4.79 Å². The van der Waals surface area contributed by atoms with E-state index in [-0.39, 0.29) is 0 Å². The summed E-state index contributed by atoms with van der Waals surface area (Å²) < 4.78 is 0. The highest BCUT2D eigenvalue weighted by molar-refractivity contribution is 5.87. The van der Waals surface area contributed by atoms with Crippen LogP contribution in [-0.2, 0) is 4.79 Å². The Kier molecular flexibility index (Phi) is 3.19. The topological polar surface area (TPSA) is 78.9 Å². The molecule has 0 bridgehead atoms. The highest BCUT2D eigenvalue weighted by atomic mass is 16.1. The first-order chi connectivity index (χ1) is 7.36. The number of nitriles is 1. The number of anilines is 1. The van der Waals surface area contributed by atoms with Crippen LogP contribution in [0.25, 0.3) is 0 Å². The molecule has 0 aliphatic rings. The lowest BCUT2D eigenvalue weighted by atomic mass is 10.0. The van der Waals surface area contributed by atoms with Crippen molar-refractivity contribution in [2.45, 2.75) is 26.3 Å². The highest BCUT2D eigenvalue weighted by Crippen LogP contribution is 2.20. The molecule has 1 aromatic rings. The number of amides is 1. The van der Waals surface area contributed by atoms with Crippen molar-refractivity contribution in [3.05, 3.63) is 29.3 Å². The van der Waals surface area contributed by atoms with Gasteiger partial charge in [0.25, 0.3) is 0 Å². The summed E-state index contributed by atoms with van der Waals surface area (Å²) in [6.45, 7) is 5.26. The van der Waals surface area contributed by atoms with Crippen molar-refractivity contribution < 1.29 is 4.79 Å². The van der Waals surface area contributed by atoms with E-state index in [0.29, 0.717) is 11.3 Å². The van der Waals surface area contributed by atoms with Crippen LogP contribution in [0.5, 0.6) is 0 Å². The summed E-state index contributed by atoms with van der Waals surface area (Å²) in [6, 6.07) is 7.50. The summed E-state index contributed by atoms with van der Waals surface area (Å²) >= 11 is 0. The quantitative estimate of drug-likeness (QED) is 0.806. The second-order valence-electron chi connectivity index (χ2n) is 4.28. The van der Waals surface area contributed by atoms with Gasteiger partial charge in [-0.2, -0.15) is 5.26 Å². The third-order valence-corrected chi connectivity index (χ3v) is 2.36. The molecular weight excluding hydrogens is 202 g/mol. The molecule has 0 spiro atoms. The Hall–Kier alpha value is -2.02. The minimum absolute atomic E-state index is 0.461. The summed E-state index contributed by atoms with van der Waals surface area (Å²) in [4.78, 5) is 11.2. The fraction of sp³-hybridized carbons (Fsp3) is 0.333. The second-order valence-corrected chi connectivity index (χ2v) is 4.28. The summed E-state index contributed by atoms with van der Waals surface area (Å²) in [5.74, 6) is -0.461. The van der Waals surface area contributed by atoms with Crippen molar-refractivity contribution in [2.24, 2.45) is 5.73 Å². The van der Waals surface area contributed by atoms with Crippen LogP contribution in [0.15, 0.2) is 18.2 Å². The predicted molar refractivity (Wildman–Crippen MR) is 62.8 cm³/mol. The zero-order valence-corrected chi connectivity index (χ0v) is 9.66. The Morgan fingerprint density at radius 2 is 2.12 bits per heavy atom. The van der Waals surface area contributed by atoms with Crippen LogP contribution >= 0.6 is 0 Å². The van der Waals surface area contributed by atoms with Gasteiger partial charge < -0.3 is 11.1 Å². The molecule has 3 N–H and O–H groups in total. The Bertz CT molecular complexity index is 458. The van der Waals surface area contributed by atoms with E-state index in [2.05, 4.69) is 11.4 Å². The maximum absolute atomic E-state index is 11.2. The van der Waals surface area contributed by atoms with Crippen molar-refractivity contribution in [3.63, 3.8) is 0 Å². The van der Waals surface area contributed by atoms with Gasteiger partial charge in [0.15, 0.2) is 0 Å². The highest BCUT2D eigenvalue weighted by Gasteiger charge is 2.25. The first-order valence-electron chi connectivity index (χ1n) is 4.95. The average molecular weight is 217 g/mol. The summed E-state index contributed by atoms with van der Waals surface area (Å²) in [7, 11) is 0. The standard InChI is InChI=1S/C12H15N3O/c1-8-4-5-10(9(6-8)7-13)15-12(2,3)11(14)16/h4-6,15H,1-3H3,(H2,14,16). The van der Waals surface area contributed by atoms with Crippen molar-refractivity contribution in [3.8, 4) is 6.07 Å². The van der Waals surface area contributed by atoms with Crippen LogP contribution < -0.4 is 11.1 Å². The van der Waals surface area contributed by atoms with E-state index in [1.54, 1.807) is 26.0 Å². The van der Waals surface area contributed by atoms with Gasteiger partial charge in [0.05, 0.1) is 11.3 Å². The molecule has 1 rings (SSSR count). The molecular formula is C12H15N3O. The van der Waals surface area contributed by atoms with Crippen molar-refractivity contribution in [1.29, 1.82) is 5.26 Å². The number of nitrogens with zero attached hydrogens (tertiary/aromatic N) is 1. The fourth-order valence-electron chi connectivity index (χ4n) is 1.26. The first kappa shape index (κ1) is 12.1. The number of primary amides is 1. The minimum Gasteiger partial charge on any atom is -0.371 e. The number of aryl methyl sites for hydroxylation is 1. The zero-order chi connectivity index (χ0) is 12.3. The lowest BCUT2D eigenvalue weighted by molar-refractivity contribution is -0.121. The normalized spacial score (nSPS) is 10.6. The third kappa shape index (κ3) is 2.51. The lowest BCUT2D eigenvalue weighted by Gasteiger charge is -2.24. The largest absolute Gasteiger partial charge is 0.371 e. The molecule has 0 fully saturated rings. The van der Waals surface area contributed by atoms with Gasteiger partial charge >= 0.3 is 0 Å². The van der Waals surface area contributed by atoms with E-state index in [0.717, 1.165) is 5.56 Å². The molecule has 4 heteroatoms. The molecule has 0 aliphatic heterocycles. The molecule has 0 saturated heterocycles. The number of carbonyl (C=O) groups excluding carboxylic acids is 1. The average Bonchev–Trinajstić information content (AvgIpc) is 2.20. The molecule has 84 valence electrons. The lowest BCUT2D eigenvalue weighted by Crippen LogP contribution is -2.45. The number of nitrogens with one attached hydrogen (secondary N) is 1. The van der Waals surface area contributed by atoms with Crippen LogP contribution in [0.2, 0.25) is 0 Å². The van der Waals surface area contributed by atoms with Gasteiger partial charge in [-0.25, -0.2) is 0 Å². The number of carbonyl (C=O) groups is 1. The summed E-state index contributed by atoms with van der Waals surface area (Å²) in [6.07, 6.45) is 0. The molecule has 0 atom stereocenters. The van der Waals surface area contributed by atoms with Gasteiger partial charge in [-0.1, -0.05) is 6.07 Å². The Morgan fingerprint density at radius 1 is 1.50 bits per heavy atom. The van der Waals surface area contributed by atoms with Crippen molar-refractivity contribution in [2.75, 3.05) is 5.32 Å². The molecule has 1 aromatic carbocycles. The number of nitrogens with two attached hydrogens (primary N) is 1. The Balaban J connectivity index is 3.08. The predicted octanol–water partition coefficient (Wildman–Crippen LogP) is 1.54. The molecule has 0 aliphatic carbocycles. The fourth-order valence-corrected chi connectivity index (χ4v) is 1.26. The Labute approximate surface area is 95.1 Å². The monoisotopic (exact) mass is 217 g/mol. The summed E-state index contributed by atoms with van der Waals surface area (Å²) in [5.41, 5.74) is 6.51. The van der Waals surface area contributed by atoms with Gasteiger partial charge in [-0.15, -0.1) is 0 Å². The van der Waals surface area contributed by atoms with Crippen LogP contribution in [0.1, 0.15) is 25.0 Å². The van der Waals surface area contributed by atoms with Crippen LogP contribution in [0, 0.1) is 18.3 Å². The van der Waals surface area contributed by atoms with E-state index < -0.39 is 11.4 Å². The molecule has 0 radical (unpaired) electrons. The number of rotatable bonds is 3. The SMILES string of the molecule is Cc1ccc(NC(C)(C)C(N)=O)c(C#N)c1. The first-order valence-corrected chi connectivity index (χ1v) is 4.95. The van der Waals surface area contributed by atoms with Crippen molar-refractivity contribution >= 4 is 11.6 Å². The van der Waals surface area contributed by atoms with Crippen LogP contribution in [-0.4, -0.2) is 11.4 Å². The van der Waals surface area contributed by atoms with Gasteiger partial charge in [0, 0.05) is 0 Å². The maximum Gasteiger partial charge on any atom is 0.242 e. The molecule has 4 nitrogen and oxygen atoms in total.